The summed E-state index contributed by atoms with van der Waals surface area (Å²) in [5.74, 6) is 1.24. The molecule has 0 aliphatic heterocycles. The van der Waals surface area contributed by atoms with Crippen LogP contribution in [0.5, 0.6) is 5.75 Å². The average molecular weight is 288 g/mol. The highest BCUT2D eigenvalue weighted by molar-refractivity contribution is 5.51. The topological polar surface area (TPSA) is 78.5 Å². The molecule has 0 saturated carbocycles. The zero-order valence-corrected chi connectivity index (χ0v) is 12.1. The van der Waals surface area contributed by atoms with Crippen LogP contribution < -0.4 is 15.0 Å². The molecule has 0 fully saturated rings. The molecule has 2 aromatic rings. The molecule has 0 spiro atoms. The maximum atomic E-state index is 10.9. The van der Waals surface area contributed by atoms with E-state index in [1.54, 1.807) is 19.4 Å². The number of nitro groups is 1. The highest BCUT2D eigenvalue weighted by Gasteiger charge is 2.19. The van der Waals surface area contributed by atoms with E-state index in [0.717, 1.165) is 16.9 Å². The van der Waals surface area contributed by atoms with Gasteiger partial charge in [0.05, 0.1) is 24.8 Å². The number of hydrogen-bond donors (Lipinski definition) is 1. The molecule has 0 unspecified atom stereocenters. The van der Waals surface area contributed by atoms with E-state index in [0.29, 0.717) is 18.8 Å². The van der Waals surface area contributed by atoms with Crippen LogP contribution in [0.3, 0.4) is 0 Å². The van der Waals surface area contributed by atoms with E-state index < -0.39 is 4.92 Å². The molecule has 6 nitrogen and oxygen atoms in total. The first kappa shape index (κ1) is 14.8. The van der Waals surface area contributed by atoms with Crippen LogP contribution in [0.1, 0.15) is 11.1 Å². The van der Waals surface area contributed by atoms with Gasteiger partial charge in [-0.3, -0.25) is 15.4 Å². The normalized spacial score (nSPS) is 10.2. The standard InChI is InChI=1S/C15H17N3O3/c1-11-5-6-14(21-2)12(10-11)7-9-17-15-13(18(19)20)4-3-8-16-15/h3-6,8,10H,7,9H2,1-2H3,(H,16,17)/p+1. The van der Waals surface area contributed by atoms with E-state index >= 15 is 0 Å². The van der Waals surface area contributed by atoms with Crippen molar-refractivity contribution in [1.29, 1.82) is 0 Å². The van der Waals surface area contributed by atoms with Gasteiger partial charge in [-0.25, -0.2) is 4.98 Å². The third kappa shape index (κ3) is 3.68. The monoisotopic (exact) mass is 288 g/mol. The van der Waals surface area contributed by atoms with Crippen molar-refractivity contribution in [2.24, 2.45) is 0 Å². The second kappa shape index (κ2) is 6.69. The van der Waals surface area contributed by atoms with Crippen molar-refractivity contribution in [1.82, 2.24) is 0 Å². The lowest BCUT2D eigenvalue weighted by Crippen LogP contribution is -2.17. The van der Waals surface area contributed by atoms with Crippen LogP contribution in [0.4, 0.5) is 11.5 Å². The number of H-pyrrole nitrogens is 1. The first-order valence-electron chi connectivity index (χ1n) is 6.64. The molecular formula is C15H18N3O3+. The number of pyridine rings is 1. The zero-order chi connectivity index (χ0) is 15.2. The molecule has 0 amide bonds. The van der Waals surface area contributed by atoms with Crippen LogP contribution in [0.2, 0.25) is 0 Å². The maximum Gasteiger partial charge on any atom is 0.357 e. The van der Waals surface area contributed by atoms with Crippen molar-refractivity contribution in [2.75, 3.05) is 19.0 Å². The van der Waals surface area contributed by atoms with E-state index in [-0.39, 0.29) is 5.69 Å². The minimum atomic E-state index is -0.411. The Hall–Kier alpha value is -2.63. The predicted octanol–water partition coefficient (Wildman–Crippen LogP) is 2.38. The lowest BCUT2D eigenvalue weighted by Gasteiger charge is -2.08. The van der Waals surface area contributed by atoms with Crippen LogP contribution in [-0.2, 0) is 6.42 Å². The third-order valence-corrected chi connectivity index (χ3v) is 3.16. The number of anilines is 1. The number of nitrogens with zero attached hydrogens (tertiary/aromatic N) is 1. The van der Waals surface area contributed by atoms with Gasteiger partial charge in [0.25, 0.3) is 0 Å². The molecule has 0 saturated heterocycles. The van der Waals surface area contributed by atoms with Crippen molar-refractivity contribution >= 4 is 11.5 Å². The Bertz CT molecular complexity index is 644. The number of methoxy groups -OCH3 is 1. The highest BCUT2D eigenvalue weighted by Crippen LogP contribution is 2.21. The highest BCUT2D eigenvalue weighted by atomic mass is 16.6. The lowest BCUT2D eigenvalue weighted by atomic mass is 10.1. The number of ether oxygens (including phenoxy) is 1. The molecule has 2 N–H and O–H groups in total. The number of aromatic nitrogens is 1. The fraction of sp³-hybridized carbons (Fsp3) is 0.267. The quantitative estimate of drug-likeness (QED) is 0.654. The van der Waals surface area contributed by atoms with Crippen LogP contribution in [0.15, 0.2) is 36.5 Å². The molecule has 2 rings (SSSR count). The number of aryl methyl sites for hydroxylation is 1. The maximum absolute atomic E-state index is 10.9. The molecule has 1 aromatic carbocycles. The molecule has 6 heteroatoms. The molecular weight excluding hydrogens is 270 g/mol. The molecule has 1 aromatic heterocycles. The van der Waals surface area contributed by atoms with Gasteiger partial charge in [-0.1, -0.05) is 17.7 Å². The third-order valence-electron chi connectivity index (χ3n) is 3.16. The summed E-state index contributed by atoms with van der Waals surface area (Å²) in [7, 11) is 1.64. The summed E-state index contributed by atoms with van der Waals surface area (Å²) in [5, 5.41) is 14.0. The first-order chi connectivity index (χ1) is 10.1. The SMILES string of the molecule is COc1ccc(C)cc1CCNc1[nH+]cccc1[N+](=O)[O-]. The van der Waals surface area contributed by atoms with E-state index in [9.17, 15) is 10.1 Å². The van der Waals surface area contributed by atoms with Crippen molar-refractivity contribution in [3.05, 3.63) is 57.8 Å². The molecule has 0 radical (unpaired) electrons. The van der Waals surface area contributed by atoms with Gasteiger partial charge in [-0.2, -0.15) is 0 Å². The summed E-state index contributed by atoms with van der Waals surface area (Å²) < 4.78 is 5.32. The van der Waals surface area contributed by atoms with E-state index in [1.165, 1.54) is 6.07 Å². The second-order valence-corrected chi connectivity index (χ2v) is 4.68. The Balaban J connectivity index is 2.05. The summed E-state index contributed by atoms with van der Waals surface area (Å²) in [5.41, 5.74) is 2.26. The summed E-state index contributed by atoms with van der Waals surface area (Å²) in [6, 6.07) is 9.05. The Labute approximate surface area is 122 Å². The van der Waals surface area contributed by atoms with Crippen LogP contribution in [-0.4, -0.2) is 18.6 Å². The summed E-state index contributed by atoms with van der Waals surface area (Å²) in [6.45, 7) is 2.59. The fourth-order valence-electron chi connectivity index (χ4n) is 2.15. The van der Waals surface area contributed by atoms with Gasteiger partial charge in [-0.15, -0.1) is 0 Å². The number of rotatable bonds is 6. The summed E-state index contributed by atoms with van der Waals surface area (Å²) in [4.78, 5) is 13.4. The molecule has 0 aliphatic carbocycles. The molecule has 21 heavy (non-hydrogen) atoms. The van der Waals surface area contributed by atoms with Crippen molar-refractivity contribution in [3.8, 4) is 5.75 Å². The predicted molar refractivity (Wildman–Crippen MR) is 79.6 cm³/mol. The van der Waals surface area contributed by atoms with Gasteiger partial charge < -0.3 is 4.74 Å². The average Bonchev–Trinajstić information content (AvgIpc) is 2.48. The van der Waals surface area contributed by atoms with Gasteiger partial charge >= 0.3 is 11.5 Å². The minimum Gasteiger partial charge on any atom is -0.496 e. The van der Waals surface area contributed by atoms with Gasteiger partial charge in [0.15, 0.2) is 0 Å². The molecule has 1 heterocycles. The lowest BCUT2D eigenvalue weighted by molar-refractivity contribution is -0.409. The van der Waals surface area contributed by atoms with Gasteiger partial charge in [0, 0.05) is 12.5 Å². The molecule has 110 valence electrons. The molecule has 0 bridgehead atoms. The molecule has 0 aliphatic rings. The summed E-state index contributed by atoms with van der Waals surface area (Å²) >= 11 is 0. The van der Waals surface area contributed by atoms with Gasteiger partial charge in [0.2, 0.25) is 0 Å². The fourth-order valence-corrected chi connectivity index (χ4v) is 2.15. The largest absolute Gasteiger partial charge is 0.496 e. The number of aromatic amines is 1. The zero-order valence-electron chi connectivity index (χ0n) is 12.1. The van der Waals surface area contributed by atoms with Crippen molar-refractivity contribution in [3.63, 3.8) is 0 Å². The van der Waals surface area contributed by atoms with Gasteiger partial charge in [-0.05, 0) is 24.6 Å². The Morgan fingerprint density at radius 2 is 2.19 bits per heavy atom. The van der Waals surface area contributed by atoms with Crippen molar-refractivity contribution < 1.29 is 14.6 Å². The number of benzene rings is 1. The summed E-state index contributed by atoms with van der Waals surface area (Å²) in [6.07, 6.45) is 2.37. The Morgan fingerprint density at radius 3 is 2.90 bits per heavy atom. The second-order valence-electron chi connectivity index (χ2n) is 4.68. The van der Waals surface area contributed by atoms with Gasteiger partial charge in [0.1, 0.15) is 5.75 Å². The van der Waals surface area contributed by atoms with E-state index in [1.807, 2.05) is 19.1 Å². The minimum absolute atomic E-state index is 0.0358. The van der Waals surface area contributed by atoms with Crippen molar-refractivity contribution in [2.45, 2.75) is 13.3 Å². The van der Waals surface area contributed by atoms with Crippen LogP contribution in [0.25, 0.3) is 0 Å². The number of nitrogens with one attached hydrogen (secondary N) is 2. The smallest absolute Gasteiger partial charge is 0.357 e. The Kier molecular flexibility index (Phi) is 4.71. The van der Waals surface area contributed by atoms with E-state index in [2.05, 4.69) is 16.4 Å². The molecule has 0 atom stereocenters. The van der Waals surface area contributed by atoms with E-state index in [4.69, 9.17) is 4.74 Å². The first-order valence-corrected chi connectivity index (χ1v) is 6.64. The van der Waals surface area contributed by atoms with Crippen LogP contribution in [0, 0.1) is 17.0 Å². The Morgan fingerprint density at radius 1 is 1.38 bits per heavy atom. The number of hydrogen-bond acceptors (Lipinski definition) is 4. The van der Waals surface area contributed by atoms with Crippen LogP contribution >= 0.6 is 0 Å².